The number of nitrogens with zero attached hydrogens (tertiary/aromatic N) is 2. The van der Waals surface area contributed by atoms with E-state index >= 15 is 0 Å². The van der Waals surface area contributed by atoms with Crippen molar-refractivity contribution in [2.75, 3.05) is 13.2 Å². The summed E-state index contributed by atoms with van der Waals surface area (Å²) >= 11 is 5.75. The molecule has 2 atom stereocenters. The van der Waals surface area contributed by atoms with E-state index < -0.39 is 0 Å². The van der Waals surface area contributed by atoms with E-state index in [-0.39, 0.29) is 18.1 Å². The normalized spacial score (nSPS) is 26.3. The number of amides is 1. The molecule has 4 nitrogen and oxygen atoms in total. The minimum Gasteiger partial charge on any atom is -0.374 e. The molecule has 0 aromatic carbocycles. The Morgan fingerprint density at radius 3 is 3.16 bits per heavy atom. The molecular formula is C14H17ClN2O2. The van der Waals surface area contributed by atoms with Crippen LogP contribution < -0.4 is 0 Å². The first kappa shape index (κ1) is 12.9. The van der Waals surface area contributed by atoms with Crippen LogP contribution in [0.5, 0.6) is 0 Å². The summed E-state index contributed by atoms with van der Waals surface area (Å²) in [6.07, 6.45) is 5.62. The number of rotatable bonds is 2. The summed E-state index contributed by atoms with van der Waals surface area (Å²) in [4.78, 5) is 18.4. The van der Waals surface area contributed by atoms with Crippen LogP contribution in [0.4, 0.5) is 0 Å². The first-order valence-corrected chi connectivity index (χ1v) is 7.13. The lowest BCUT2D eigenvalue weighted by Gasteiger charge is -2.37. The molecular weight excluding hydrogens is 264 g/mol. The predicted molar refractivity (Wildman–Crippen MR) is 72.0 cm³/mol. The largest absolute Gasteiger partial charge is 0.374 e. The van der Waals surface area contributed by atoms with Gasteiger partial charge in [-0.05, 0) is 30.9 Å². The van der Waals surface area contributed by atoms with Crippen LogP contribution in [0.1, 0.15) is 24.8 Å². The van der Waals surface area contributed by atoms with Gasteiger partial charge in [-0.25, -0.2) is 4.98 Å². The molecule has 0 spiro atoms. The molecule has 1 saturated carbocycles. The average Bonchev–Trinajstić information content (AvgIpc) is 2.89. The van der Waals surface area contributed by atoms with Crippen molar-refractivity contribution in [3.8, 4) is 0 Å². The molecule has 0 N–H and O–H groups in total. The van der Waals surface area contributed by atoms with E-state index in [1.165, 1.54) is 0 Å². The first-order valence-electron chi connectivity index (χ1n) is 6.75. The molecule has 1 aliphatic carbocycles. The van der Waals surface area contributed by atoms with E-state index in [0.717, 1.165) is 24.8 Å². The summed E-state index contributed by atoms with van der Waals surface area (Å²) in [7, 11) is 0. The zero-order valence-electron chi connectivity index (χ0n) is 10.7. The van der Waals surface area contributed by atoms with E-state index in [1.54, 1.807) is 12.3 Å². The smallest absolute Gasteiger partial charge is 0.227 e. The van der Waals surface area contributed by atoms with Crippen molar-refractivity contribution < 1.29 is 9.53 Å². The van der Waals surface area contributed by atoms with Crippen LogP contribution in [0.25, 0.3) is 0 Å². The van der Waals surface area contributed by atoms with E-state index in [1.807, 2.05) is 11.0 Å². The molecule has 2 aliphatic rings. The number of fused-ring (bicyclic) bond motifs is 1. The van der Waals surface area contributed by atoms with Gasteiger partial charge in [0.1, 0.15) is 5.15 Å². The molecule has 0 radical (unpaired) electrons. The second kappa shape index (κ2) is 5.47. The molecule has 3 rings (SSSR count). The summed E-state index contributed by atoms with van der Waals surface area (Å²) < 4.78 is 5.72. The standard InChI is InChI=1S/C14H17ClN2O2/c15-13-5-4-10(9-16-13)8-14(18)17-6-7-19-12-3-1-2-11(12)17/h4-5,9,11-12H,1-3,6-8H2/t11-,12+/m0/s1. The third-order valence-corrected chi connectivity index (χ3v) is 4.17. The minimum atomic E-state index is 0.171. The van der Waals surface area contributed by atoms with Crippen LogP contribution in [0.15, 0.2) is 18.3 Å². The highest BCUT2D eigenvalue weighted by Gasteiger charge is 2.38. The summed E-state index contributed by atoms with van der Waals surface area (Å²) in [5.41, 5.74) is 0.912. The summed E-state index contributed by atoms with van der Waals surface area (Å²) in [6.45, 7) is 1.37. The monoisotopic (exact) mass is 280 g/mol. The number of aromatic nitrogens is 1. The Morgan fingerprint density at radius 2 is 2.37 bits per heavy atom. The first-order chi connectivity index (χ1) is 9.24. The maximum absolute atomic E-state index is 12.4. The van der Waals surface area contributed by atoms with E-state index in [0.29, 0.717) is 24.7 Å². The van der Waals surface area contributed by atoms with Crippen molar-refractivity contribution >= 4 is 17.5 Å². The number of morpholine rings is 1. The molecule has 2 heterocycles. The fraction of sp³-hybridized carbons (Fsp3) is 0.571. The number of carbonyl (C=O) groups excluding carboxylic acids is 1. The zero-order valence-corrected chi connectivity index (χ0v) is 11.5. The van der Waals surface area contributed by atoms with Gasteiger partial charge in [0.05, 0.1) is 25.2 Å². The fourth-order valence-electron chi connectivity index (χ4n) is 3.02. The fourth-order valence-corrected chi connectivity index (χ4v) is 3.13. The quantitative estimate of drug-likeness (QED) is 0.779. The zero-order chi connectivity index (χ0) is 13.2. The maximum atomic E-state index is 12.4. The Labute approximate surface area is 117 Å². The topological polar surface area (TPSA) is 42.4 Å². The number of carbonyl (C=O) groups is 1. The Kier molecular flexibility index (Phi) is 3.71. The molecule has 5 heteroatoms. The molecule has 19 heavy (non-hydrogen) atoms. The van der Waals surface area contributed by atoms with Gasteiger partial charge in [0.2, 0.25) is 5.91 Å². The molecule has 1 saturated heterocycles. The lowest BCUT2D eigenvalue weighted by molar-refractivity contribution is -0.143. The third kappa shape index (κ3) is 2.74. The minimum absolute atomic E-state index is 0.171. The van der Waals surface area contributed by atoms with Gasteiger partial charge in [-0.3, -0.25) is 4.79 Å². The maximum Gasteiger partial charge on any atom is 0.227 e. The lowest BCUT2D eigenvalue weighted by Crippen LogP contribution is -2.51. The van der Waals surface area contributed by atoms with Gasteiger partial charge in [-0.1, -0.05) is 17.7 Å². The van der Waals surface area contributed by atoms with Gasteiger partial charge in [0.15, 0.2) is 0 Å². The Morgan fingerprint density at radius 1 is 1.47 bits per heavy atom. The molecule has 102 valence electrons. The molecule has 1 amide bonds. The number of ether oxygens (including phenoxy) is 1. The van der Waals surface area contributed by atoms with E-state index in [4.69, 9.17) is 16.3 Å². The number of halogens is 1. The second-order valence-electron chi connectivity index (χ2n) is 5.16. The molecule has 0 unspecified atom stereocenters. The molecule has 2 fully saturated rings. The van der Waals surface area contributed by atoms with Crippen LogP contribution >= 0.6 is 11.6 Å². The molecule has 1 aliphatic heterocycles. The van der Waals surface area contributed by atoms with Crippen molar-refractivity contribution in [3.63, 3.8) is 0 Å². The highest BCUT2D eigenvalue weighted by Crippen LogP contribution is 2.30. The third-order valence-electron chi connectivity index (χ3n) is 3.95. The highest BCUT2D eigenvalue weighted by molar-refractivity contribution is 6.29. The average molecular weight is 281 g/mol. The van der Waals surface area contributed by atoms with Gasteiger partial charge in [0.25, 0.3) is 0 Å². The van der Waals surface area contributed by atoms with E-state index in [2.05, 4.69) is 4.98 Å². The molecule has 1 aromatic heterocycles. The van der Waals surface area contributed by atoms with Crippen LogP contribution in [0.3, 0.4) is 0 Å². The van der Waals surface area contributed by atoms with Gasteiger partial charge >= 0.3 is 0 Å². The van der Waals surface area contributed by atoms with Gasteiger partial charge < -0.3 is 9.64 Å². The number of hydrogen-bond donors (Lipinski definition) is 0. The Hall–Kier alpha value is -1.13. The van der Waals surface area contributed by atoms with E-state index in [9.17, 15) is 4.79 Å². The molecule has 1 aromatic rings. The van der Waals surface area contributed by atoms with Crippen LogP contribution in [-0.2, 0) is 16.0 Å². The van der Waals surface area contributed by atoms with Crippen molar-refractivity contribution in [1.29, 1.82) is 0 Å². The van der Waals surface area contributed by atoms with Crippen molar-refractivity contribution in [2.24, 2.45) is 0 Å². The number of pyridine rings is 1. The summed E-state index contributed by atoms with van der Waals surface area (Å²) in [5.74, 6) is 0.171. The molecule has 0 bridgehead atoms. The van der Waals surface area contributed by atoms with Crippen LogP contribution in [0.2, 0.25) is 5.15 Å². The highest BCUT2D eigenvalue weighted by atomic mass is 35.5. The van der Waals surface area contributed by atoms with Gasteiger partial charge in [-0.2, -0.15) is 0 Å². The van der Waals surface area contributed by atoms with Crippen LogP contribution in [0, 0.1) is 0 Å². The van der Waals surface area contributed by atoms with Gasteiger partial charge in [-0.15, -0.1) is 0 Å². The number of hydrogen-bond acceptors (Lipinski definition) is 3. The van der Waals surface area contributed by atoms with Crippen molar-refractivity contribution in [2.45, 2.75) is 37.8 Å². The van der Waals surface area contributed by atoms with Crippen LogP contribution in [-0.4, -0.2) is 41.1 Å². The van der Waals surface area contributed by atoms with Crippen molar-refractivity contribution in [3.05, 3.63) is 29.0 Å². The Bertz CT molecular complexity index is 463. The SMILES string of the molecule is O=C(Cc1ccc(Cl)nc1)N1CCO[C@@H]2CCC[C@@H]21. The predicted octanol–water partition coefficient (Wildman–Crippen LogP) is 2.06. The lowest BCUT2D eigenvalue weighted by atomic mass is 10.1. The second-order valence-corrected chi connectivity index (χ2v) is 5.55. The summed E-state index contributed by atoms with van der Waals surface area (Å²) in [6, 6.07) is 3.86. The Balaban J connectivity index is 1.67. The summed E-state index contributed by atoms with van der Waals surface area (Å²) in [5, 5.41) is 0.457. The van der Waals surface area contributed by atoms with Crippen molar-refractivity contribution in [1.82, 2.24) is 9.88 Å². The van der Waals surface area contributed by atoms with Gasteiger partial charge in [0, 0.05) is 12.7 Å².